The van der Waals surface area contributed by atoms with Gasteiger partial charge in [0.1, 0.15) is 15.5 Å². The number of hydrogen-bond acceptors (Lipinski definition) is 8. The van der Waals surface area contributed by atoms with Crippen LogP contribution in [0.1, 0.15) is 54.1 Å². The Balaban J connectivity index is 1.55. The van der Waals surface area contributed by atoms with Crippen molar-refractivity contribution in [1.29, 1.82) is 5.26 Å². The third-order valence-electron chi connectivity index (χ3n) is 6.86. The first-order chi connectivity index (χ1) is 19.2. The minimum absolute atomic E-state index is 0.0441. The van der Waals surface area contributed by atoms with Crippen LogP contribution in [0, 0.1) is 11.3 Å². The van der Waals surface area contributed by atoms with Crippen LogP contribution in [-0.4, -0.2) is 72.4 Å². The second-order valence-electron chi connectivity index (χ2n) is 9.96. The summed E-state index contributed by atoms with van der Waals surface area (Å²) in [5.41, 5.74) is 4.32. The summed E-state index contributed by atoms with van der Waals surface area (Å²) < 4.78 is 41.3. The van der Waals surface area contributed by atoms with Gasteiger partial charge in [0.05, 0.1) is 17.4 Å². The summed E-state index contributed by atoms with van der Waals surface area (Å²) in [7, 11) is -3.42. The van der Waals surface area contributed by atoms with Gasteiger partial charge in [0.25, 0.3) is 0 Å². The van der Waals surface area contributed by atoms with E-state index in [1.165, 1.54) is 0 Å². The van der Waals surface area contributed by atoms with Crippen LogP contribution < -0.4 is 14.8 Å². The zero-order valence-corrected chi connectivity index (χ0v) is 28.0. The van der Waals surface area contributed by atoms with E-state index >= 15 is 0 Å². The van der Waals surface area contributed by atoms with Crippen LogP contribution in [-0.2, 0) is 19.5 Å². The molecule has 0 aromatic heterocycles. The second kappa shape index (κ2) is 14.5. The summed E-state index contributed by atoms with van der Waals surface area (Å²) in [6, 6.07) is 13.4. The molecule has 2 aliphatic rings. The number of hydrogen-bond donors (Lipinski definition) is 2. The van der Waals surface area contributed by atoms with E-state index in [0.717, 1.165) is 59.3 Å². The van der Waals surface area contributed by atoms with Crippen molar-refractivity contribution in [2.75, 3.05) is 43.4 Å². The maximum absolute atomic E-state index is 13.0. The molecule has 1 fully saturated rings. The number of fused-ring (bicyclic) bond motifs is 1. The fraction of sp³-hybridized carbons (Fsp3) is 0.464. The molecule has 0 bridgehead atoms. The summed E-state index contributed by atoms with van der Waals surface area (Å²) in [6.07, 6.45) is 1.45. The number of aliphatic imine (C=N–C) groups is 1. The molecular formula is C28H35I2N5O4S. The third-order valence-corrected chi connectivity index (χ3v) is 10.5. The Bertz CT molecular complexity index is 1420. The fourth-order valence-corrected chi connectivity index (χ4v) is 8.15. The van der Waals surface area contributed by atoms with E-state index in [0.29, 0.717) is 29.3 Å². The molecule has 2 N–H and O–H groups in total. The molecule has 0 spiro atoms. The molecule has 216 valence electrons. The summed E-state index contributed by atoms with van der Waals surface area (Å²) in [6.45, 7) is 7.93. The van der Waals surface area contributed by atoms with Crippen LogP contribution in [0.2, 0.25) is 0 Å². The Morgan fingerprint density at radius 2 is 2.08 bits per heavy atom. The molecule has 9 nitrogen and oxygen atoms in total. The Kier molecular flexibility index (Phi) is 11.3. The Labute approximate surface area is 261 Å². The number of sulfonamides is 1. The van der Waals surface area contributed by atoms with Crippen molar-refractivity contribution < 1.29 is 16.2 Å². The van der Waals surface area contributed by atoms with Gasteiger partial charge in [0.2, 0.25) is 15.9 Å². The van der Waals surface area contributed by atoms with Crippen molar-refractivity contribution in [1.82, 2.24) is 14.9 Å². The van der Waals surface area contributed by atoms with Gasteiger partial charge in [-0.2, -0.15) is 5.26 Å². The lowest BCUT2D eigenvalue weighted by molar-refractivity contribution is 0.241. The quantitative estimate of drug-likeness (QED) is 0.162. The van der Waals surface area contributed by atoms with Crippen LogP contribution in [0.5, 0.6) is 5.75 Å². The third kappa shape index (κ3) is 8.01. The van der Waals surface area contributed by atoms with E-state index in [1.54, 1.807) is 12.1 Å². The van der Waals surface area contributed by atoms with Gasteiger partial charge in [-0.05, 0) is 60.9 Å². The molecule has 1 heterocycles. The smallest absolute Gasteiger partial charge is 0.232 e. The van der Waals surface area contributed by atoms with Crippen molar-refractivity contribution in [2.24, 2.45) is 4.99 Å². The Morgan fingerprint density at radius 3 is 2.75 bits per heavy atom. The molecule has 1 aliphatic carbocycles. The van der Waals surface area contributed by atoms with Crippen LogP contribution in [0.3, 0.4) is 0 Å². The molecule has 40 heavy (non-hydrogen) atoms. The monoisotopic (exact) mass is 791 g/mol. The molecule has 0 amide bonds. The predicted molar refractivity (Wildman–Crippen MR) is 176 cm³/mol. The summed E-state index contributed by atoms with van der Waals surface area (Å²) in [5, 5.41) is 13.0. The van der Waals surface area contributed by atoms with Gasteiger partial charge in [0.15, 0.2) is 23.0 Å². The minimum atomic E-state index is -3.42. The highest BCUT2D eigenvalue weighted by atomic mass is 127. The predicted octanol–water partition coefficient (Wildman–Crippen LogP) is 4.05. The van der Waals surface area contributed by atoms with Gasteiger partial charge in [-0.15, -0.1) is 0 Å². The van der Waals surface area contributed by atoms with Crippen LogP contribution >= 0.6 is 43.7 Å². The van der Waals surface area contributed by atoms with Gasteiger partial charge in [0, 0.05) is 49.9 Å². The number of nitriles is 1. The molecule has 0 radical (unpaired) electrons. The van der Waals surface area contributed by atoms with Crippen molar-refractivity contribution >= 4 is 63.3 Å². The van der Waals surface area contributed by atoms with E-state index in [2.05, 4.69) is 32.0 Å². The number of benzene rings is 2. The molecule has 1 atom stereocenters. The SMILES string of the molecule is CI=C(N=C(OI)c1ccc(OC(C)C)c(C#N)c1)c1cccc2c1CCC2NS(=O)(=O)CCN1CCNCC1. The molecule has 1 aliphatic heterocycles. The molecule has 1 unspecified atom stereocenters. The molecule has 1 saturated heterocycles. The van der Waals surface area contributed by atoms with E-state index in [4.69, 9.17) is 12.8 Å². The lowest BCUT2D eigenvalue weighted by Gasteiger charge is -2.27. The second-order valence-corrected chi connectivity index (χ2v) is 14.4. The molecule has 12 heteroatoms. The first-order valence-corrected chi connectivity index (χ1v) is 19.0. The van der Waals surface area contributed by atoms with Crippen molar-refractivity contribution in [3.8, 4) is 11.8 Å². The molecule has 0 saturated carbocycles. The van der Waals surface area contributed by atoms with E-state index in [1.807, 2.05) is 55.1 Å². The molecular weight excluding hydrogens is 756 g/mol. The van der Waals surface area contributed by atoms with Crippen molar-refractivity contribution in [3.05, 3.63) is 64.2 Å². The van der Waals surface area contributed by atoms with E-state index in [-0.39, 0.29) is 17.9 Å². The first kappa shape index (κ1) is 31.3. The summed E-state index contributed by atoms with van der Waals surface area (Å²) >= 11 is 1.37. The lowest BCUT2D eigenvalue weighted by Crippen LogP contribution is -2.46. The van der Waals surface area contributed by atoms with Gasteiger partial charge in [-0.25, -0.2) is 18.1 Å². The van der Waals surface area contributed by atoms with Crippen molar-refractivity contribution in [3.63, 3.8) is 0 Å². The zero-order chi connectivity index (χ0) is 28.7. The van der Waals surface area contributed by atoms with E-state index in [9.17, 15) is 13.7 Å². The number of nitrogens with one attached hydrogen (secondary N) is 2. The number of halogens is 2. The number of piperazine rings is 1. The standard InChI is InChI=1S/C28H35I2N5O4S/c1-19(2)38-26-10-7-20(17-21(26)18-31)28(39-29)33-27(30-3)24-6-4-5-23-22(24)8-9-25(23)34-40(36,37)16-15-35-13-11-32-12-14-35/h4-7,10,17,19,25,32,34H,8-9,11-16H2,1-3H3. The number of rotatable bonds is 10. The summed E-state index contributed by atoms with van der Waals surface area (Å²) in [4.78, 5) is 9.27. The first-order valence-electron chi connectivity index (χ1n) is 13.2. The number of nitrogens with zero attached hydrogens (tertiary/aromatic N) is 3. The normalized spacial score (nSPS) is 18.6. The van der Waals surface area contributed by atoms with Gasteiger partial charge >= 0.3 is 0 Å². The number of alkyl halides is 1. The summed E-state index contributed by atoms with van der Waals surface area (Å²) in [5.74, 6) is 1.05. The lowest BCUT2D eigenvalue weighted by atomic mass is 10.0. The molecule has 2 aromatic carbocycles. The van der Waals surface area contributed by atoms with Crippen molar-refractivity contribution in [2.45, 2.75) is 38.8 Å². The highest BCUT2D eigenvalue weighted by Crippen LogP contribution is 2.35. The largest absolute Gasteiger partial charge is 0.490 e. The van der Waals surface area contributed by atoms with Crippen LogP contribution in [0.25, 0.3) is 0 Å². The number of ether oxygens (including phenoxy) is 1. The molecule has 4 rings (SSSR count). The van der Waals surface area contributed by atoms with E-state index < -0.39 is 30.8 Å². The van der Waals surface area contributed by atoms with Crippen LogP contribution in [0.4, 0.5) is 0 Å². The Morgan fingerprint density at radius 1 is 1.30 bits per heavy atom. The Hall–Kier alpha value is -1.64. The molecule has 2 aromatic rings. The topological polar surface area (TPSA) is 116 Å². The maximum Gasteiger partial charge on any atom is 0.232 e. The zero-order valence-electron chi connectivity index (χ0n) is 22.9. The van der Waals surface area contributed by atoms with Gasteiger partial charge < -0.3 is 13.1 Å². The maximum atomic E-state index is 13.0. The van der Waals surface area contributed by atoms with Gasteiger partial charge in [-0.1, -0.05) is 38.9 Å². The minimum Gasteiger partial charge on any atom is -0.490 e. The highest BCUT2D eigenvalue weighted by molar-refractivity contribution is 14.2. The average Bonchev–Trinajstić information content (AvgIpc) is 3.35. The highest BCUT2D eigenvalue weighted by Gasteiger charge is 2.29. The average molecular weight is 791 g/mol. The van der Waals surface area contributed by atoms with Gasteiger partial charge in [-0.3, -0.25) is 4.90 Å². The van der Waals surface area contributed by atoms with Crippen LogP contribution in [0.15, 0.2) is 41.4 Å². The fourth-order valence-electron chi connectivity index (χ4n) is 4.96.